The van der Waals surface area contributed by atoms with Gasteiger partial charge in [-0.1, -0.05) is 12.1 Å². The first kappa shape index (κ1) is 16.2. The fourth-order valence-electron chi connectivity index (χ4n) is 2.64. The third-order valence-corrected chi connectivity index (χ3v) is 4.15. The number of benzene rings is 1. The van der Waals surface area contributed by atoms with E-state index in [0.29, 0.717) is 26.3 Å². The van der Waals surface area contributed by atoms with Gasteiger partial charge in [-0.15, -0.1) is 12.4 Å². The number of ether oxygens (including phenoxy) is 1. The number of hydrogen-bond acceptors (Lipinski definition) is 3. The molecule has 116 valence electrons. The predicted molar refractivity (Wildman–Crippen MR) is 80.2 cm³/mol. The van der Waals surface area contributed by atoms with Crippen molar-refractivity contribution in [2.45, 2.75) is 24.3 Å². The van der Waals surface area contributed by atoms with Crippen molar-refractivity contribution >= 4 is 18.3 Å². The normalized spacial score (nSPS) is 23.0. The zero-order valence-corrected chi connectivity index (χ0v) is 12.5. The van der Waals surface area contributed by atoms with Gasteiger partial charge in [0.1, 0.15) is 11.9 Å². The molecular weight excluding hydrogens is 295 g/mol. The predicted octanol–water partition coefficient (Wildman–Crippen LogP) is 1.38. The van der Waals surface area contributed by atoms with Crippen LogP contribution >= 0.6 is 12.4 Å². The summed E-state index contributed by atoms with van der Waals surface area (Å²) in [6, 6.07) is 6.34. The largest absolute Gasteiger partial charge is 0.378 e. The molecule has 1 unspecified atom stereocenters. The summed E-state index contributed by atoms with van der Waals surface area (Å²) in [5, 5.41) is 6.13. The molecule has 2 aliphatic rings. The summed E-state index contributed by atoms with van der Waals surface area (Å²) in [4.78, 5) is 12.0. The van der Waals surface area contributed by atoms with Crippen LogP contribution in [0.3, 0.4) is 0 Å². The molecule has 21 heavy (non-hydrogen) atoms. The molecule has 6 heteroatoms. The van der Waals surface area contributed by atoms with Crippen molar-refractivity contribution in [1.29, 1.82) is 0 Å². The lowest BCUT2D eigenvalue weighted by molar-refractivity contribution is -0.126. The average Bonchev–Trinajstić information content (AvgIpc) is 3.27. The molecule has 3 rings (SSSR count). The molecule has 1 saturated heterocycles. The van der Waals surface area contributed by atoms with Crippen molar-refractivity contribution < 1.29 is 13.9 Å². The van der Waals surface area contributed by atoms with Gasteiger partial charge in [0.15, 0.2) is 0 Å². The molecule has 1 aliphatic carbocycles. The number of rotatable bonds is 4. The van der Waals surface area contributed by atoms with E-state index >= 15 is 0 Å². The Balaban J connectivity index is 0.00000161. The molecule has 0 spiro atoms. The van der Waals surface area contributed by atoms with E-state index in [1.807, 2.05) is 12.1 Å². The first-order valence-electron chi connectivity index (χ1n) is 7.05. The van der Waals surface area contributed by atoms with Crippen LogP contribution in [0.4, 0.5) is 4.39 Å². The molecule has 1 aromatic carbocycles. The lowest BCUT2D eigenvalue weighted by atomic mass is 9.96. The number of nitrogens with one attached hydrogen (secondary N) is 2. The van der Waals surface area contributed by atoms with E-state index in [-0.39, 0.29) is 35.6 Å². The molecule has 0 bridgehead atoms. The summed E-state index contributed by atoms with van der Waals surface area (Å²) in [7, 11) is 0. The van der Waals surface area contributed by atoms with E-state index in [4.69, 9.17) is 4.74 Å². The Bertz CT molecular complexity index is 485. The van der Waals surface area contributed by atoms with E-state index in [0.717, 1.165) is 18.4 Å². The van der Waals surface area contributed by atoms with Gasteiger partial charge in [0, 0.05) is 18.5 Å². The minimum atomic E-state index is -0.257. The van der Waals surface area contributed by atoms with Crippen molar-refractivity contribution in [1.82, 2.24) is 10.6 Å². The summed E-state index contributed by atoms with van der Waals surface area (Å²) in [6.07, 6.45) is 2.07. The molecule has 2 N–H and O–H groups in total. The van der Waals surface area contributed by atoms with Crippen LogP contribution in [0.1, 0.15) is 18.4 Å². The number of halogens is 2. The highest BCUT2D eigenvalue weighted by Gasteiger charge is 2.44. The Kier molecular flexibility index (Phi) is 5.19. The third kappa shape index (κ3) is 3.73. The minimum absolute atomic E-state index is 0. The van der Waals surface area contributed by atoms with Gasteiger partial charge in [0.05, 0.1) is 13.2 Å². The summed E-state index contributed by atoms with van der Waals surface area (Å²) < 4.78 is 18.2. The first-order valence-corrected chi connectivity index (χ1v) is 7.05. The van der Waals surface area contributed by atoms with Crippen molar-refractivity contribution in [3.63, 3.8) is 0 Å². The highest BCUT2D eigenvalue weighted by molar-refractivity contribution is 5.85. The van der Waals surface area contributed by atoms with Gasteiger partial charge in [-0.25, -0.2) is 4.39 Å². The fourth-order valence-corrected chi connectivity index (χ4v) is 2.64. The summed E-state index contributed by atoms with van der Waals surface area (Å²) in [6.45, 7) is 2.40. The second kappa shape index (κ2) is 6.73. The molecule has 2 fully saturated rings. The highest BCUT2D eigenvalue weighted by Crippen LogP contribution is 2.47. The van der Waals surface area contributed by atoms with Crippen LogP contribution < -0.4 is 10.6 Å². The molecule has 1 amide bonds. The molecule has 1 atom stereocenters. The topological polar surface area (TPSA) is 50.4 Å². The molecular formula is C15H20ClFN2O2. The van der Waals surface area contributed by atoms with Crippen LogP contribution in [0.5, 0.6) is 0 Å². The van der Waals surface area contributed by atoms with Crippen LogP contribution in [0.15, 0.2) is 24.3 Å². The third-order valence-electron chi connectivity index (χ3n) is 4.15. The van der Waals surface area contributed by atoms with Gasteiger partial charge < -0.3 is 15.4 Å². The van der Waals surface area contributed by atoms with Crippen molar-refractivity contribution in [2.24, 2.45) is 0 Å². The first-order chi connectivity index (χ1) is 9.70. The van der Waals surface area contributed by atoms with Gasteiger partial charge in [0.2, 0.25) is 5.91 Å². The van der Waals surface area contributed by atoms with Crippen molar-refractivity contribution in [2.75, 3.05) is 26.3 Å². The van der Waals surface area contributed by atoms with Gasteiger partial charge in [-0.2, -0.15) is 0 Å². The minimum Gasteiger partial charge on any atom is -0.378 e. The number of morpholine rings is 1. The van der Waals surface area contributed by atoms with E-state index in [9.17, 15) is 9.18 Å². The Morgan fingerprint density at radius 1 is 1.38 bits per heavy atom. The Morgan fingerprint density at radius 2 is 2.10 bits per heavy atom. The van der Waals surface area contributed by atoms with E-state index in [2.05, 4.69) is 10.6 Å². The van der Waals surface area contributed by atoms with Gasteiger partial charge in [-0.05, 0) is 30.5 Å². The maximum Gasteiger partial charge on any atom is 0.239 e. The average molecular weight is 315 g/mol. The molecule has 1 aliphatic heterocycles. The number of hydrogen-bond donors (Lipinski definition) is 2. The zero-order valence-electron chi connectivity index (χ0n) is 11.7. The van der Waals surface area contributed by atoms with Crippen LogP contribution in [-0.2, 0) is 14.9 Å². The highest BCUT2D eigenvalue weighted by atomic mass is 35.5. The second-order valence-electron chi connectivity index (χ2n) is 5.59. The van der Waals surface area contributed by atoms with E-state index in [1.54, 1.807) is 0 Å². The van der Waals surface area contributed by atoms with Crippen LogP contribution in [0.2, 0.25) is 0 Å². The maximum absolute atomic E-state index is 13.0. The lowest BCUT2D eigenvalue weighted by Crippen LogP contribution is -2.52. The number of amides is 1. The van der Waals surface area contributed by atoms with E-state index in [1.165, 1.54) is 12.1 Å². The fraction of sp³-hybridized carbons (Fsp3) is 0.533. The monoisotopic (exact) mass is 314 g/mol. The number of carbonyl (C=O) groups is 1. The summed E-state index contributed by atoms with van der Waals surface area (Å²) in [5.74, 6) is -0.241. The Hall–Kier alpha value is -1.17. The second-order valence-corrected chi connectivity index (χ2v) is 5.59. The Labute approximate surface area is 129 Å². The standard InChI is InChI=1S/C15H19FN2O2.ClH/c16-12-3-1-11(2-4-12)15(5-6-15)10-18-14(19)13-9-20-8-7-17-13;/h1-4,13,17H,5-10H2,(H,18,19);1H. The van der Waals surface area contributed by atoms with Crippen LogP contribution in [-0.4, -0.2) is 38.3 Å². The molecule has 4 nitrogen and oxygen atoms in total. The van der Waals surface area contributed by atoms with Gasteiger partial charge in [0.25, 0.3) is 0 Å². The summed E-state index contributed by atoms with van der Waals surface area (Å²) >= 11 is 0. The number of carbonyl (C=O) groups excluding carboxylic acids is 1. The molecule has 0 radical (unpaired) electrons. The van der Waals surface area contributed by atoms with E-state index < -0.39 is 0 Å². The van der Waals surface area contributed by atoms with Crippen molar-refractivity contribution in [3.05, 3.63) is 35.6 Å². The van der Waals surface area contributed by atoms with Crippen LogP contribution in [0.25, 0.3) is 0 Å². The molecule has 1 heterocycles. The molecule has 1 aromatic rings. The van der Waals surface area contributed by atoms with Gasteiger partial charge >= 0.3 is 0 Å². The lowest BCUT2D eigenvalue weighted by Gasteiger charge is -2.24. The van der Waals surface area contributed by atoms with Crippen molar-refractivity contribution in [3.8, 4) is 0 Å². The maximum atomic E-state index is 13.0. The quantitative estimate of drug-likeness (QED) is 0.883. The molecule has 0 aromatic heterocycles. The zero-order chi connectivity index (χ0) is 14.0. The van der Waals surface area contributed by atoms with Gasteiger partial charge in [-0.3, -0.25) is 4.79 Å². The Morgan fingerprint density at radius 3 is 2.67 bits per heavy atom. The summed E-state index contributed by atoms with van der Waals surface area (Å²) in [5.41, 5.74) is 1.10. The SMILES string of the molecule is Cl.O=C(NCC1(c2ccc(F)cc2)CC1)C1COCCN1. The van der Waals surface area contributed by atoms with Crippen LogP contribution in [0, 0.1) is 5.82 Å². The molecule has 1 saturated carbocycles. The smallest absolute Gasteiger partial charge is 0.239 e.